The van der Waals surface area contributed by atoms with Gasteiger partial charge in [-0.15, -0.1) is 0 Å². The molecule has 0 aliphatic rings. The van der Waals surface area contributed by atoms with Crippen LogP contribution in [-0.4, -0.2) is 26.0 Å². The molecule has 1 rings (SSSR count). The number of aliphatic hydroxyl groups is 1. The highest BCUT2D eigenvalue weighted by Crippen LogP contribution is 2.20. The first-order chi connectivity index (χ1) is 7.22. The second-order valence-corrected chi connectivity index (χ2v) is 5.69. The number of rotatable bonds is 3. The summed E-state index contributed by atoms with van der Waals surface area (Å²) in [7, 11) is 0. The minimum absolute atomic E-state index is 0.0786. The van der Waals surface area contributed by atoms with Crippen LogP contribution in [0.15, 0.2) is 0 Å². The molecule has 0 spiro atoms. The van der Waals surface area contributed by atoms with Gasteiger partial charge >= 0.3 is 0 Å². The van der Waals surface area contributed by atoms with Gasteiger partial charge in [0, 0.05) is 6.54 Å². The van der Waals surface area contributed by atoms with Crippen molar-refractivity contribution in [2.24, 2.45) is 11.1 Å². The van der Waals surface area contributed by atoms with Crippen LogP contribution in [0.5, 0.6) is 0 Å². The first-order valence-electron chi connectivity index (χ1n) is 5.31. The Morgan fingerprint density at radius 3 is 2.56 bits per heavy atom. The maximum absolute atomic E-state index is 9.48. The highest BCUT2D eigenvalue weighted by atomic mass is 32.1. The van der Waals surface area contributed by atoms with E-state index in [-0.39, 0.29) is 5.41 Å². The summed E-state index contributed by atoms with van der Waals surface area (Å²) in [6, 6.07) is -0.518. The molecule has 0 unspecified atom stereocenters. The third-order valence-corrected chi connectivity index (χ3v) is 2.55. The Morgan fingerprint density at radius 2 is 2.12 bits per heavy atom. The van der Waals surface area contributed by atoms with Crippen molar-refractivity contribution < 1.29 is 5.11 Å². The molecule has 0 aliphatic heterocycles. The summed E-state index contributed by atoms with van der Waals surface area (Å²) in [5, 5.41) is 16.3. The zero-order valence-corrected chi connectivity index (χ0v) is 11.0. The average Bonchev–Trinajstić information content (AvgIpc) is 2.44. The average molecular weight is 244 g/mol. The fourth-order valence-electron chi connectivity index (χ4n) is 1.43. The van der Waals surface area contributed by atoms with Crippen LogP contribution < -0.4 is 5.73 Å². The topological polar surface area (TPSA) is 79.9 Å². The molecule has 0 radical (unpaired) electrons. The molecule has 0 aromatic carbocycles. The fourth-order valence-corrected chi connectivity index (χ4v) is 1.63. The summed E-state index contributed by atoms with van der Waals surface area (Å²) in [5.41, 5.74) is 5.95. The van der Waals surface area contributed by atoms with Crippen molar-refractivity contribution in [1.82, 2.24) is 14.8 Å². The predicted octanol–water partition coefficient (Wildman–Crippen LogP) is 1.37. The van der Waals surface area contributed by atoms with E-state index < -0.39 is 12.1 Å². The van der Waals surface area contributed by atoms with Crippen molar-refractivity contribution in [2.45, 2.75) is 46.4 Å². The molecule has 0 amide bonds. The van der Waals surface area contributed by atoms with Crippen LogP contribution in [0, 0.1) is 10.2 Å². The molecule has 16 heavy (non-hydrogen) atoms. The van der Waals surface area contributed by atoms with E-state index in [0.29, 0.717) is 10.6 Å². The first-order valence-corrected chi connectivity index (χ1v) is 5.72. The van der Waals surface area contributed by atoms with Gasteiger partial charge in [0.2, 0.25) is 0 Å². The van der Waals surface area contributed by atoms with Gasteiger partial charge in [-0.05, 0) is 24.6 Å². The summed E-state index contributed by atoms with van der Waals surface area (Å²) in [6.45, 7) is 8.69. The van der Waals surface area contributed by atoms with Gasteiger partial charge in [0.1, 0.15) is 0 Å². The molecule has 0 aliphatic carbocycles. The third kappa shape index (κ3) is 3.13. The molecule has 5 nitrogen and oxygen atoms in total. The Morgan fingerprint density at radius 1 is 1.56 bits per heavy atom. The summed E-state index contributed by atoms with van der Waals surface area (Å²) in [5.74, 6) is 0.606. The maximum Gasteiger partial charge on any atom is 0.195 e. The van der Waals surface area contributed by atoms with Crippen LogP contribution in [-0.2, 0) is 6.54 Å². The Hall–Kier alpha value is -0.720. The standard InChI is InChI=1S/C10H20N4OS/c1-6(15)7(11)8-12-13-9(16)14(8)5-10(2,3)4/h6-7,15H,5,11H2,1-4H3,(H,13,16)/t6-,7-/m0/s1. The van der Waals surface area contributed by atoms with Crippen LogP contribution in [0.2, 0.25) is 0 Å². The summed E-state index contributed by atoms with van der Waals surface area (Å²) in [4.78, 5) is 0. The van der Waals surface area contributed by atoms with Crippen LogP contribution in [0.1, 0.15) is 39.6 Å². The zero-order chi connectivity index (χ0) is 12.5. The lowest BCUT2D eigenvalue weighted by atomic mass is 9.96. The Kier molecular flexibility index (Phi) is 3.88. The molecule has 1 heterocycles. The number of hydrogen-bond acceptors (Lipinski definition) is 4. The second kappa shape index (κ2) is 4.65. The lowest BCUT2D eigenvalue weighted by Crippen LogP contribution is -2.28. The van der Waals surface area contributed by atoms with Crippen molar-refractivity contribution in [3.63, 3.8) is 0 Å². The normalized spacial score (nSPS) is 16.1. The molecular weight excluding hydrogens is 224 g/mol. The third-order valence-electron chi connectivity index (χ3n) is 2.24. The van der Waals surface area contributed by atoms with Gasteiger partial charge in [-0.3, -0.25) is 5.10 Å². The number of nitrogens with two attached hydrogens (primary N) is 1. The zero-order valence-electron chi connectivity index (χ0n) is 10.2. The van der Waals surface area contributed by atoms with E-state index in [9.17, 15) is 5.11 Å². The van der Waals surface area contributed by atoms with Crippen LogP contribution >= 0.6 is 12.2 Å². The van der Waals surface area contributed by atoms with Gasteiger partial charge in [0.15, 0.2) is 10.6 Å². The van der Waals surface area contributed by atoms with Gasteiger partial charge in [0.25, 0.3) is 0 Å². The molecule has 1 aromatic rings. The summed E-state index contributed by atoms with van der Waals surface area (Å²) >= 11 is 5.15. The van der Waals surface area contributed by atoms with Gasteiger partial charge in [-0.1, -0.05) is 20.8 Å². The molecule has 0 saturated heterocycles. The number of nitrogens with one attached hydrogen (secondary N) is 1. The Balaban J connectivity index is 3.08. The van der Waals surface area contributed by atoms with E-state index in [0.717, 1.165) is 6.54 Å². The van der Waals surface area contributed by atoms with Crippen molar-refractivity contribution in [3.05, 3.63) is 10.6 Å². The number of hydrogen-bond donors (Lipinski definition) is 3. The van der Waals surface area contributed by atoms with E-state index in [2.05, 4.69) is 31.0 Å². The van der Waals surface area contributed by atoms with Gasteiger partial charge < -0.3 is 15.4 Å². The summed E-state index contributed by atoms with van der Waals surface area (Å²) < 4.78 is 2.40. The van der Waals surface area contributed by atoms with E-state index in [1.807, 2.05) is 4.57 Å². The minimum Gasteiger partial charge on any atom is -0.391 e. The van der Waals surface area contributed by atoms with Gasteiger partial charge in [0.05, 0.1) is 12.1 Å². The fraction of sp³-hybridized carbons (Fsp3) is 0.800. The lowest BCUT2D eigenvalue weighted by Gasteiger charge is -2.22. The van der Waals surface area contributed by atoms with E-state index >= 15 is 0 Å². The Labute approximate surface area is 101 Å². The SMILES string of the molecule is C[C@H](O)[C@H](N)c1n[nH]c(=S)n1CC(C)(C)C. The largest absolute Gasteiger partial charge is 0.391 e. The highest BCUT2D eigenvalue weighted by molar-refractivity contribution is 7.71. The Bertz CT molecular complexity index is 402. The van der Waals surface area contributed by atoms with Crippen LogP contribution in [0.4, 0.5) is 0 Å². The molecule has 4 N–H and O–H groups in total. The van der Waals surface area contributed by atoms with E-state index in [1.54, 1.807) is 6.92 Å². The number of H-pyrrole nitrogens is 1. The van der Waals surface area contributed by atoms with E-state index in [1.165, 1.54) is 0 Å². The maximum atomic E-state index is 9.48. The molecule has 0 bridgehead atoms. The van der Waals surface area contributed by atoms with Crippen molar-refractivity contribution in [2.75, 3.05) is 0 Å². The van der Waals surface area contributed by atoms with Crippen LogP contribution in [0.3, 0.4) is 0 Å². The molecule has 1 aromatic heterocycles. The van der Waals surface area contributed by atoms with Crippen LogP contribution in [0.25, 0.3) is 0 Å². The van der Waals surface area contributed by atoms with Crippen molar-refractivity contribution >= 4 is 12.2 Å². The minimum atomic E-state index is -0.649. The lowest BCUT2D eigenvalue weighted by molar-refractivity contribution is 0.157. The molecule has 0 fully saturated rings. The number of aromatic amines is 1. The monoisotopic (exact) mass is 244 g/mol. The number of nitrogens with zero attached hydrogens (tertiary/aromatic N) is 2. The number of aromatic nitrogens is 3. The molecule has 0 saturated carbocycles. The van der Waals surface area contributed by atoms with Gasteiger partial charge in [-0.25, -0.2) is 0 Å². The first kappa shape index (κ1) is 13.3. The highest BCUT2D eigenvalue weighted by Gasteiger charge is 2.22. The predicted molar refractivity (Wildman–Crippen MR) is 65.5 cm³/mol. The van der Waals surface area contributed by atoms with Crippen molar-refractivity contribution in [1.29, 1.82) is 0 Å². The molecule has 92 valence electrons. The molecule has 2 atom stereocenters. The second-order valence-electron chi connectivity index (χ2n) is 5.30. The van der Waals surface area contributed by atoms with Crippen molar-refractivity contribution in [3.8, 4) is 0 Å². The smallest absolute Gasteiger partial charge is 0.195 e. The molecule has 6 heteroatoms. The number of aliphatic hydroxyl groups excluding tert-OH is 1. The quantitative estimate of drug-likeness (QED) is 0.702. The summed E-state index contributed by atoms with van der Waals surface area (Å²) in [6.07, 6.45) is -0.649. The van der Waals surface area contributed by atoms with E-state index in [4.69, 9.17) is 18.0 Å². The van der Waals surface area contributed by atoms with Gasteiger partial charge in [-0.2, -0.15) is 5.10 Å². The molecular formula is C10H20N4OS.